The second-order valence-electron chi connectivity index (χ2n) is 4.87. The summed E-state index contributed by atoms with van der Waals surface area (Å²) in [6, 6.07) is 7.14. The van der Waals surface area contributed by atoms with Crippen LogP contribution in [0.3, 0.4) is 0 Å². The van der Waals surface area contributed by atoms with E-state index in [-0.39, 0.29) is 19.8 Å². The van der Waals surface area contributed by atoms with E-state index in [1.54, 1.807) is 38.3 Å². The van der Waals surface area contributed by atoms with E-state index in [1.807, 2.05) is 0 Å². The molecule has 1 aliphatic carbocycles. The minimum Gasteiger partial charge on any atom is -0.497 e. The maximum Gasteiger partial charge on any atom is 0.315 e. The summed E-state index contributed by atoms with van der Waals surface area (Å²) < 4.78 is 41.9. The van der Waals surface area contributed by atoms with Gasteiger partial charge in [0.15, 0.2) is 0 Å². The molecule has 2 atom stereocenters. The van der Waals surface area contributed by atoms with Crippen molar-refractivity contribution in [2.24, 2.45) is 11.8 Å². The first-order valence-electron chi connectivity index (χ1n) is 6.75. The molecule has 0 aromatic heterocycles. The Morgan fingerprint density at radius 2 is 1.95 bits per heavy atom. The molecule has 2 unspecified atom stereocenters. The van der Waals surface area contributed by atoms with Crippen LogP contribution >= 0.6 is 0 Å². The molecule has 1 aromatic carbocycles. The summed E-state index contributed by atoms with van der Waals surface area (Å²) in [7, 11) is 1.57. The zero-order valence-electron chi connectivity index (χ0n) is 12.0. The molecule has 0 heterocycles. The Hall–Kier alpha value is -1.69. The maximum atomic E-state index is 13.5. The molecule has 6 heteroatoms. The number of methoxy groups -OCH3 is 1. The number of carbonyl (C=O) groups excluding carboxylic acids is 1. The molecule has 1 fully saturated rings. The van der Waals surface area contributed by atoms with Crippen LogP contribution in [0, 0.1) is 11.8 Å². The first kappa shape index (κ1) is 15.7. The average molecular weight is 300 g/mol. The molecule has 116 valence electrons. The summed E-state index contributed by atoms with van der Waals surface area (Å²) in [6.45, 7) is 1.74. The Morgan fingerprint density at radius 1 is 1.29 bits per heavy atom. The molecule has 2 rings (SSSR count). The van der Waals surface area contributed by atoms with Gasteiger partial charge in [0.05, 0.1) is 32.8 Å². The van der Waals surface area contributed by atoms with E-state index in [0.29, 0.717) is 0 Å². The fourth-order valence-electron chi connectivity index (χ4n) is 2.18. The van der Waals surface area contributed by atoms with E-state index in [2.05, 4.69) is 4.74 Å². The largest absolute Gasteiger partial charge is 0.497 e. The van der Waals surface area contributed by atoms with Crippen molar-refractivity contribution < 1.29 is 27.8 Å². The van der Waals surface area contributed by atoms with Crippen LogP contribution in [-0.2, 0) is 20.9 Å². The van der Waals surface area contributed by atoms with Gasteiger partial charge in [0, 0.05) is 0 Å². The van der Waals surface area contributed by atoms with Crippen LogP contribution in [0.4, 0.5) is 8.78 Å². The fraction of sp³-hybridized carbons (Fsp3) is 0.533. The number of benzene rings is 1. The Labute approximate surface area is 122 Å². The van der Waals surface area contributed by atoms with E-state index in [4.69, 9.17) is 9.47 Å². The summed E-state index contributed by atoms with van der Waals surface area (Å²) in [6.07, 6.45) is 0. The SMILES string of the molecule is CCOC(=O)C1C(COCc2ccc(OC)cc2)C1(F)F. The normalized spacial score (nSPS) is 22.7. The molecule has 1 aromatic rings. The molecule has 0 saturated heterocycles. The van der Waals surface area contributed by atoms with Gasteiger partial charge in [-0.05, 0) is 24.6 Å². The van der Waals surface area contributed by atoms with E-state index >= 15 is 0 Å². The van der Waals surface area contributed by atoms with E-state index in [1.165, 1.54) is 0 Å². The van der Waals surface area contributed by atoms with Crippen molar-refractivity contribution in [3.8, 4) is 5.75 Å². The number of hydrogen-bond acceptors (Lipinski definition) is 4. The number of hydrogen-bond donors (Lipinski definition) is 0. The lowest BCUT2D eigenvalue weighted by atomic mass is 10.2. The van der Waals surface area contributed by atoms with Gasteiger partial charge in [-0.15, -0.1) is 0 Å². The predicted octanol–water partition coefficient (Wildman–Crippen LogP) is 2.66. The summed E-state index contributed by atoms with van der Waals surface area (Å²) in [5, 5.41) is 0. The summed E-state index contributed by atoms with van der Waals surface area (Å²) in [5.41, 5.74) is 0.854. The van der Waals surface area contributed by atoms with Crippen LogP contribution in [0.2, 0.25) is 0 Å². The second-order valence-corrected chi connectivity index (χ2v) is 4.87. The molecule has 0 spiro atoms. The van der Waals surface area contributed by atoms with Crippen LogP contribution in [0.1, 0.15) is 12.5 Å². The number of carbonyl (C=O) groups is 1. The number of esters is 1. The third-order valence-electron chi connectivity index (χ3n) is 3.47. The monoisotopic (exact) mass is 300 g/mol. The fourth-order valence-corrected chi connectivity index (χ4v) is 2.18. The predicted molar refractivity (Wildman–Crippen MR) is 71.2 cm³/mol. The molecule has 0 N–H and O–H groups in total. The summed E-state index contributed by atoms with van der Waals surface area (Å²) in [4.78, 5) is 11.4. The minimum atomic E-state index is -3.02. The van der Waals surface area contributed by atoms with E-state index < -0.39 is 23.7 Å². The van der Waals surface area contributed by atoms with Crippen molar-refractivity contribution in [1.29, 1.82) is 0 Å². The van der Waals surface area contributed by atoms with Crippen LogP contribution in [-0.4, -0.2) is 32.2 Å². The number of alkyl halides is 2. The minimum absolute atomic E-state index is 0.102. The summed E-state index contributed by atoms with van der Waals surface area (Å²) in [5.74, 6) is -5.61. The Kier molecular flexibility index (Phi) is 4.77. The van der Waals surface area contributed by atoms with Crippen LogP contribution in [0.25, 0.3) is 0 Å². The topological polar surface area (TPSA) is 44.8 Å². The van der Waals surface area contributed by atoms with Crippen molar-refractivity contribution >= 4 is 5.97 Å². The van der Waals surface area contributed by atoms with Gasteiger partial charge in [0.1, 0.15) is 11.7 Å². The van der Waals surface area contributed by atoms with Crippen molar-refractivity contribution in [2.75, 3.05) is 20.3 Å². The first-order valence-corrected chi connectivity index (χ1v) is 6.75. The van der Waals surface area contributed by atoms with E-state index in [9.17, 15) is 13.6 Å². The zero-order valence-corrected chi connectivity index (χ0v) is 12.0. The van der Waals surface area contributed by atoms with Gasteiger partial charge in [0.2, 0.25) is 0 Å². The molecule has 21 heavy (non-hydrogen) atoms. The third kappa shape index (κ3) is 3.50. The Bertz CT molecular complexity index is 487. The quantitative estimate of drug-likeness (QED) is 0.726. The van der Waals surface area contributed by atoms with Gasteiger partial charge in [-0.3, -0.25) is 4.79 Å². The Balaban J connectivity index is 1.79. The summed E-state index contributed by atoms with van der Waals surface area (Å²) >= 11 is 0. The van der Waals surface area contributed by atoms with Gasteiger partial charge in [-0.2, -0.15) is 0 Å². The molecule has 4 nitrogen and oxygen atoms in total. The van der Waals surface area contributed by atoms with Crippen molar-refractivity contribution in [1.82, 2.24) is 0 Å². The smallest absolute Gasteiger partial charge is 0.315 e. The highest BCUT2D eigenvalue weighted by molar-refractivity contribution is 5.78. The highest BCUT2D eigenvalue weighted by atomic mass is 19.3. The lowest BCUT2D eigenvalue weighted by molar-refractivity contribution is -0.147. The maximum absolute atomic E-state index is 13.5. The van der Waals surface area contributed by atoms with Gasteiger partial charge in [0.25, 0.3) is 5.92 Å². The molecule has 0 aliphatic heterocycles. The Morgan fingerprint density at radius 3 is 2.52 bits per heavy atom. The molecular weight excluding hydrogens is 282 g/mol. The van der Waals surface area contributed by atoms with Crippen LogP contribution < -0.4 is 4.74 Å². The standard InChI is InChI=1S/C15H18F2O4/c1-3-21-14(18)13-12(15(13,16)17)9-20-8-10-4-6-11(19-2)7-5-10/h4-7,12-13H,3,8-9H2,1-2H3. The molecule has 0 radical (unpaired) electrons. The molecular formula is C15H18F2O4. The van der Waals surface area contributed by atoms with Gasteiger partial charge >= 0.3 is 5.97 Å². The van der Waals surface area contributed by atoms with Crippen molar-refractivity contribution in [3.63, 3.8) is 0 Å². The average Bonchev–Trinajstić information content (AvgIpc) is 3.01. The van der Waals surface area contributed by atoms with Gasteiger partial charge in [-0.1, -0.05) is 12.1 Å². The first-order chi connectivity index (χ1) is 10.0. The molecule has 0 amide bonds. The van der Waals surface area contributed by atoms with Crippen LogP contribution in [0.5, 0.6) is 5.75 Å². The number of halogens is 2. The molecule has 1 saturated carbocycles. The van der Waals surface area contributed by atoms with Crippen molar-refractivity contribution in [2.45, 2.75) is 19.5 Å². The van der Waals surface area contributed by atoms with Crippen molar-refractivity contribution in [3.05, 3.63) is 29.8 Å². The lowest BCUT2D eigenvalue weighted by Gasteiger charge is -2.05. The lowest BCUT2D eigenvalue weighted by Crippen LogP contribution is -2.11. The van der Waals surface area contributed by atoms with E-state index in [0.717, 1.165) is 11.3 Å². The highest BCUT2D eigenvalue weighted by Gasteiger charge is 2.72. The number of ether oxygens (including phenoxy) is 3. The van der Waals surface area contributed by atoms with Crippen LogP contribution in [0.15, 0.2) is 24.3 Å². The van der Waals surface area contributed by atoms with Gasteiger partial charge < -0.3 is 14.2 Å². The second kappa shape index (κ2) is 6.39. The highest BCUT2D eigenvalue weighted by Crippen LogP contribution is 2.55. The third-order valence-corrected chi connectivity index (χ3v) is 3.47. The van der Waals surface area contributed by atoms with Gasteiger partial charge in [-0.25, -0.2) is 8.78 Å². The molecule has 1 aliphatic rings. The molecule has 0 bridgehead atoms. The number of rotatable bonds is 7. The zero-order chi connectivity index (χ0) is 15.5.